The number of aryl methyl sites for hydroxylation is 1. The molecule has 0 aliphatic carbocycles. The van der Waals surface area contributed by atoms with Crippen molar-refractivity contribution < 1.29 is 4.74 Å². The van der Waals surface area contributed by atoms with Crippen LogP contribution in [0.15, 0.2) is 29.6 Å². The van der Waals surface area contributed by atoms with Crippen LogP contribution >= 0.6 is 11.3 Å². The van der Waals surface area contributed by atoms with E-state index in [9.17, 15) is 0 Å². The van der Waals surface area contributed by atoms with Crippen LogP contribution in [0.3, 0.4) is 0 Å². The van der Waals surface area contributed by atoms with Crippen molar-refractivity contribution in [2.24, 2.45) is 0 Å². The molecular weight excluding hydrogens is 232 g/mol. The monoisotopic (exact) mass is 248 g/mol. The number of nitrogens with zero attached hydrogens (tertiary/aromatic N) is 1. The topological polar surface area (TPSA) is 34.1 Å². The molecule has 1 heterocycles. The molecule has 2 rings (SSSR count). The van der Waals surface area contributed by atoms with Gasteiger partial charge in [-0.15, -0.1) is 11.3 Å². The first-order valence-corrected chi connectivity index (χ1v) is 6.45. The largest absolute Gasteiger partial charge is 0.497 e. The van der Waals surface area contributed by atoms with Crippen LogP contribution in [0.1, 0.15) is 11.3 Å². The van der Waals surface area contributed by atoms with Gasteiger partial charge >= 0.3 is 0 Å². The summed E-state index contributed by atoms with van der Waals surface area (Å²) >= 11 is 1.65. The fourth-order valence-electron chi connectivity index (χ4n) is 1.58. The summed E-state index contributed by atoms with van der Waals surface area (Å²) in [6.45, 7) is 2.89. The highest BCUT2D eigenvalue weighted by atomic mass is 32.1. The summed E-state index contributed by atoms with van der Waals surface area (Å²) in [7, 11) is 1.69. The van der Waals surface area contributed by atoms with Crippen LogP contribution in [0.2, 0.25) is 0 Å². The van der Waals surface area contributed by atoms with Gasteiger partial charge in [-0.3, -0.25) is 0 Å². The minimum absolute atomic E-state index is 0.889. The summed E-state index contributed by atoms with van der Waals surface area (Å²) in [5, 5.41) is 6.36. The van der Waals surface area contributed by atoms with Crippen LogP contribution in [0.4, 0.5) is 5.13 Å². The SMILES string of the molecule is COc1cccc(CCNc2nc(C)cs2)c1. The van der Waals surface area contributed by atoms with Crippen molar-refractivity contribution >= 4 is 16.5 Å². The number of methoxy groups -OCH3 is 1. The van der Waals surface area contributed by atoms with E-state index in [-0.39, 0.29) is 0 Å². The summed E-state index contributed by atoms with van der Waals surface area (Å²) in [6, 6.07) is 8.15. The standard InChI is InChI=1S/C13H16N2OS/c1-10-9-17-13(15-10)14-7-6-11-4-3-5-12(8-11)16-2/h3-5,8-9H,6-7H2,1-2H3,(H,14,15). The van der Waals surface area contributed by atoms with Crippen LogP contribution in [0.5, 0.6) is 5.75 Å². The van der Waals surface area contributed by atoms with Gasteiger partial charge in [0.15, 0.2) is 5.13 Å². The summed E-state index contributed by atoms with van der Waals surface area (Å²) in [5.74, 6) is 0.910. The normalized spacial score (nSPS) is 10.2. The van der Waals surface area contributed by atoms with E-state index in [4.69, 9.17) is 4.74 Å². The average molecular weight is 248 g/mol. The number of ether oxygens (including phenoxy) is 1. The van der Waals surface area contributed by atoms with Gasteiger partial charge in [0.1, 0.15) is 5.75 Å². The van der Waals surface area contributed by atoms with Crippen molar-refractivity contribution in [3.8, 4) is 5.75 Å². The fourth-order valence-corrected chi connectivity index (χ4v) is 2.29. The molecular formula is C13H16N2OS. The highest BCUT2D eigenvalue weighted by molar-refractivity contribution is 7.13. The van der Waals surface area contributed by atoms with Crippen molar-refractivity contribution in [3.05, 3.63) is 40.9 Å². The molecule has 1 N–H and O–H groups in total. The van der Waals surface area contributed by atoms with E-state index >= 15 is 0 Å². The molecule has 2 aromatic rings. The maximum absolute atomic E-state index is 5.19. The Kier molecular flexibility index (Phi) is 3.98. The van der Waals surface area contributed by atoms with Gasteiger partial charge in [0.05, 0.1) is 12.8 Å². The summed E-state index contributed by atoms with van der Waals surface area (Å²) in [4.78, 5) is 4.36. The molecule has 0 aliphatic rings. The van der Waals surface area contributed by atoms with E-state index in [1.54, 1.807) is 18.4 Å². The minimum Gasteiger partial charge on any atom is -0.497 e. The molecule has 0 spiro atoms. The van der Waals surface area contributed by atoms with E-state index in [1.165, 1.54) is 5.56 Å². The molecule has 0 saturated heterocycles. The van der Waals surface area contributed by atoms with E-state index in [0.29, 0.717) is 0 Å². The van der Waals surface area contributed by atoms with Crippen LogP contribution in [0, 0.1) is 6.92 Å². The third-order valence-corrected chi connectivity index (χ3v) is 3.36. The Bertz CT molecular complexity index is 482. The molecule has 1 aromatic heterocycles. The van der Waals surface area contributed by atoms with Gasteiger partial charge in [-0.1, -0.05) is 12.1 Å². The third kappa shape index (κ3) is 3.46. The van der Waals surface area contributed by atoms with Gasteiger partial charge in [-0.05, 0) is 31.0 Å². The van der Waals surface area contributed by atoms with Gasteiger partial charge in [0.2, 0.25) is 0 Å². The van der Waals surface area contributed by atoms with Crippen molar-refractivity contribution in [3.63, 3.8) is 0 Å². The fraction of sp³-hybridized carbons (Fsp3) is 0.308. The van der Waals surface area contributed by atoms with Crippen LogP contribution < -0.4 is 10.1 Å². The Hall–Kier alpha value is -1.55. The highest BCUT2D eigenvalue weighted by Crippen LogP contribution is 2.15. The van der Waals surface area contributed by atoms with Crippen molar-refractivity contribution in [2.45, 2.75) is 13.3 Å². The number of hydrogen-bond donors (Lipinski definition) is 1. The number of benzene rings is 1. The number of rotatable bonds is 5. The van der Waals surface area contributed by atoms with E-state index < -0.39 is 0 Å². The van der Waals surface area contributed by atoms with Gasteiger partial charge in [0.25, 0.3) is 0 Å². The predicted molar refractivity (Wildman–Crippen MR) is 72.0 cm³/mol. The molecule has 0 bridgehead atoms. The molecule has 0 aliphatic heterocycles. The molecule has 1 aromatic carbocycles. The zero-order valence-corrected chi connectivity index (χ0v) is 10.9. The second kappa shape index (κ2) is 5.68. The zero-order chi connectivity index (χ0) is 12.1. The lowest BCUT2D eigenvalue weighted by Gasteiger charge is -2.05. The Morgan fingerprint density at radius 2 is 2.29 bits per heavy atom. The first kappa shape index (κ1) is 11.9. The quantitative estimate of drug-likeness (QED) is 0.882. The molecule has 3 nitrogen and oxygen atoms in total. The van der Waals surface area contributed by atoms with Gasteiger partial charge in [-0.25, -0.2) is 4.98 Å². The number of hydrogen-bond acceptors (Lipinski definition) is 4. The smallest absolute Gasteiger partial charge is 0.182 e. The van der Waals surface area contributed by atoms with Crippen molar-refractivity contribution in [2.75, 3.05) is 19.0 Å². The summed E-state index contributed by atoms with van der Waals surface area (Å²) < 4.78 is 5.19. The maximum atomic E-state index is 5.19. The van der Waals surface area contributed by atoms with E-state index in [2.05, 4.69) is 22.4 Å². The second-order valence-corrected chi connectivity index (χ2v) is 4.68. The molecule has 4 heteroatoms. The molecule has 0 saturated carbocycles. The van der Waals surface area contributed by atoms with Crippen molar-refractivity contribution in [1.29, 1.82) is 0 Å². The Labute approximate surface area is 105 Å². The van der Waals surface area contributed by atoms with Crippen LogP contribution in [-0.4, -0.2) is 18.6 Å². The van der Waals surface area contributed by atoms with Crippen LogP contribution in [-0.2, 0) is 6.42 Å². The first-order valence-electron chi connectivity index (χ1n) is 5.57. The predicted octanol–water partition coefficient (Wildman–Crippen LogP) is 3.11. The number of nitrogens with one attached hydrogen (secondary N) is 1. The molecule has 0 fully saturated rings. The van der Waals surface area contributed by atoms with Gasteiger partial charge in [0, 0.05) is 11.9 Å². The van der Waals surface area contributed by atoms with Crippen molar-refractivity contribution in [1.82, 2.24) is 4.98 Å². The lowest BCUT2D eigenvalue weighted by Crippen LogP contribution is -2.04. The molecule has 0 amide bonds. The van der Waals surface area contributed by atoms with Gasteiger partial charge in [-0.2, -0.15) is 0 Å². The Balaban J connectivity index is 1.85. The lowest BCUT2D eigenvalue weighted by atomic mass is 10.1. The Morgan fingerprint density at radius 3 is 3.00 bits per heavy atom. The van der Waals surface area contributed by atoms with Crippen LogP contribution in [0.25, 0.3) is 0 Å². The number of thiazole rings is 1. The lowest BCUT2D eigenvalue weighted by molar-refractivity contribution is 0.414. The Morgan fingerprint density at radius 1 is 1.41 bits per heavy atom. The molecule has 17 heavy (non-hydrogen) atoms. The molecule has 90 valence electrons. The maximum Gasteiger partial charge on any atom is 0.182 e. The van der Waals surface area contributed by atoms with E-state index in [0.717, 1.165) is 29.5 Å². The summed E-state index contributed by atoms with van der Waals surface area (Å²) in [5.41, 5.74) is 2.34. The molecule has 0 atom stereocenters. The number of anilines is 1. The highest BCUT2D eigenvalue weighted by Gasteiger charge is 1.99. The average Bonchev–Trinajstić information content (AvgIpc) is 2.75. The first-order chi connectivity index (χ1) is 8.28. The minimum atomic E-state index is 0.889. The third-order valence-electron chi connectivity index (χ3n) is 2.44. The second-order valence-electron chi connectivity index (χ2n) is 3.82. The van der Waals surface area contributed by atoms with Gasteiger partial charge < -0.3 is 10.1 Å². The zero-order valence-electron chi connectivity index (χ0n) is 10.1. The molecule has 0 unspecified atom stereocenters. The summed E-state index contributed by atoms with van der Waals surface area (Å²) in [6.07, 6.45) is 0.968. The number of aromatic nitrogens is 1. The molecule has 0 radical (unpaired) electrons. The van der Waals surface area contributed by atoms with E-state index in [1.807, 2.05) is 24.4 Å².